The van der Waals surface area contributed by atoms with Gasteiger partial charge >= 0.3 is 0 Å². The number of benzene rings is 2. The molecule has 3 heterocycles. The number of para-hydroxylation sites is 1. The number of hydrazone groups is 1. The van der Waals surface area contributed by atoms with Gasteiger partial charge in [-0.3, -0.25) is 10.1 Å². The van der Waals surface area contributed by atoms with Crippen molar-refractivity contribution in [2.24, 2.45) is 10.1 Å². The summed E-state index contributed by atoms with van der Waals surface area (Å²) in [6.07, 6.45) is 1.28. The van der Waals surface area contributed by atoms with Crippen LogP contribution in [-0.4, -0.2) is 22.3 Å². The normalized spacial score (nSPS) is 17.8. The van der Waals surface area contributed by atoms with Crippen LogP contribution in [0.3, 0.4) is 0 Å². The molecule has 0 radical (unpaired) electrons. The molecule has 0 aliphatic carbocycles. The van der Waals surface area contributed by atoms with Crippen LogP contribution < -0.4 is 15.9 Å². The molecule has 2 aliphatic rings. The number of rotatable bonds is 2. The lowest BCUT2D eigenvalue weighted by Gasteiger charge is -2.32. The molecule has 1 unspecified atom stereocenters. The monoisotopic (exact) mass is 422 g/mol. The first-order valence-corrected chi connectivity index (χ1v) is 10.5. The molecule has 29 heavy (non-hydrogen) atoms. The highest BCUT2D eigenvalue weighted by atomic mass is 35.5. The van der Waals surface area contributed by atoms with Gasteiger partial charge in [0.25, 0.3) is 5.91 Å². The Kier molecular flexibility index (Phi) is 4.41. The van der Waals surface area contributed by atoms with Crippen molar-refractivity contribution in [3.8, 4) is 11.3 Å². The number of nitrogens with one attached hydrogen (secondary N) is 1. The Labute approximate surface area is 175 Å². The topological polar surface area (TPSA) is 70.2 Å². The SMILES string of the molecule is CSC1=NN2C(=c3ccccc3=NC2c2ccc(-c3cccc(Cl)c3)o2)C(=O)N1. The number of carbonyl (C=O) groups is 1. The van der Waals surface area contributed by atoms with E-state index in [0.717, 1.165) is 16.1 Å². The third-order valence-corrected chi connectivity index (χ3v) is 5.50. The van der Waals surface area contributed by atoms with E-state index in [1.165, 1.54) is 11.8 Å². The fourth-order valence-electron chi connectivity index (χ4n) is 3.39. The average Bonchev–Trinajstić information content (AvgIpc) is 3.23. The van der Waals surface area contributed by atoms with E-state index < -0.39 is 6.17 Å². The maximum absolute atomic E-state index is 12.8. The lowest BCUT2D eigenvalue weighted by molar-refractivity contribution is -0.116. The molecule has 0 saturated carbocycles. The number of hydrogen-bond donors (Lipinski definition) is 1. The maximum atomic E-state index is 12.8. The summed E-state index contributed by atoms with van der Waals surface area (Å²) in [5, 5.41) is 11.7. The summed E-state index contributed by atoms with van der Waals surface area (Å²) >= 11 is 7.47. The Balaban J connectivity index is 1.66. The minimum Gasteiger partial charge on any atom is -0.457 e. The first-order valence-electron chi connectivity index (χ1n) is 8.90. The van der Waals surface area contributed by atoms with Crippen molar-refractivity contribution < 1.29 is 9.21 Å². The largest absolute Gasteiger partial charge is 0.457 e. The first kappa shape index (κ1) is 18.0. The van der Waals surface area contributed by atoms with E-state index in [1.54, 1.807) is 5.01 Å². The van der Waals surface area contributed by atoms with Crippen LogP contribution in [0.2, 0.25) is 5.02 Å². The lowest BCUT2D eigenvalue weighted by Crippen LogP contribution is -2.50. The number of amidine groups is 1. The van der Waals surface area contributed by atoms with Gasteiger partial charge in [0.2, 0.25) is 6.17 Å². The first-order chi connectivity index (χ1) is 14.1. The molecule has 144 valence electrons. The zero-order valence-corrected chi connectivity index (χ0v) is 16.9. The lowest BCUT2D eigenvalue weighted by atomic mass is 10.1. The number of fused-ring (bicyclic) bond motifs is 2. The van der Waals surface area contributed by atoms with Crippen LogP contribution >= 0.6 is 23.4 Å². The van der Waals surface area contributed by atoms with Crippen molar-refractivity contribution in [1.82, 2.24) is 10.3 Å². The third kappa shape index (κ3) is 3.12. The predicted molar refractivity (Wildman–Crippen MR) is 113 cm³/mol. The highest BCUT2D eigenvalue weighted by Gasteiger charge is 2.35. The molecular weight excluding hydrogens is 408 g/mol. The molecule has 2 aliphatic heterocycles. The number of thioether (sulfide) groups is 1. The maximum Gasteiger partial charge on any atom is 0.276 e. The number of furan rings is 1. The Hall–Kier alpha value is -3.03. The van der Waals surface area contributed by atoms with Gasteiger partial charge in [0.05, 0.1) is 5.36 Å². The van der Waals surface area contributed by atoms with Crippen LogP contribution in [0.1, 0.15) is 11.9 Å². The van der Waals surface area contributed by atoms with E-state index >= 15 is 0 Å². The quantitative estimate of drug-likeness (QED) is 0.689. The molecule has 5 rings (SSSR count). The van der Waals surface area contributed by atoms with Gasteiger partial charge in [-0.15, -0.1) is 5.10 Å². The number of halogens is 1. The minimum atomic E-state index is -0.582. The molecule has 0 spiro atoms. The molecule has 8 heteroatoms. The van der Waals surface area contributed by atoms with Gasteiger partial charge in [-0.25, -0.2) is 10.0 Å². The summed E-state index contributed by atoms with van der Waals surface area (Å²) < 4.78 is 6.12. The van der Waals surface area contributed by atoms with Crippen molar-refractivity contribution in [2.45, 2.75) is 6.17 Å². The fraction of sp³-hybridized carbons (Fsp3) is 0.0952. The summed E-state index contributed by atoms with van der Waals surface area (Å²) in [6.45, 7) is 0. The summed E-state index contributed by atoms with van der Waals surface area (Å²) in [4.78, 5) is 17.6. The average molecular weight is 423 g/mol. The third-order valence-electron chi connectivity index (χ3n) is 4.70. The number of amides is 1. The van der Waals surface area contributed by atoms with E-state index in [9.17, 15) is 4.79 Å². The predicted octanol–water partition coefficient (Wildman–Crippen LogP) is 3.11. The number of nitrogens with zero attached hydrogens (tertiary/aromatic N) is 3. The Bertz CT molecular complexity index is 1280. The number of carbonyl (C=O) groups excluding carboxylic acids is 1. The highest BCUT2D eigenvalue weighted by Crippen LogP contribution is 2.34. The van der Waals surface area contributed by atoms with Crippen LogP contribution in [0.25, 0.3) is 17.0 Å². The molecule has 0 bridgehead atoms. The highest BCUT2D eigenvalue weighted by molar-refractivity contribution is 8.13. The molecule has 1 N–H and O–H groups in total. The Morgan fingerprint density at radius 1 is 1.14 bits per heavy atom. The van der Waals surface area contributed by atoms with Crippen molar-refractivity contribution in [1.29, 1.82) is 0 Å². The molecular formula is C21H15ClN4O2S. The van der Waals surface area contributed by atoms with Crippen LogP contribution in [0.4, 0.5) is 0 Å². The molecule has 1 aromatic heterocycles. The molecule has 6 nitrogen and oxygen atoms in total. The Morgan fingerprint density at radius 2 is 2.00 bits per heavy atom. The van der Waals surface area contributed by atoms with Gasteiger partial charge < -0.3 is 4.42 Å². The second-order valence-corrected chi connectivity index (χ2v) is 7.72. The van der Waals surface area contributed by atoms with Gasteiger partial charge in [-0.2, -0.15) is 0 Å². The minimum absolute atomic E-state index is 0.210. The van der Waals surface area contributed by atoms with Gasteiger partial charge in [-0.1, -0.05) is 53.7 Å². The summed E-state index contributed by atoms with van der Waals surface area (Å²) in [5.74, 6) is 1.05. The van der Waals surface area contributed by atoms with Crippen molar-refractivity contribution in [2.75, 3.05) is 6.26 Å². The molecule has 0 saturated heterocycles. The van der Waals surface area contributed by atoms with E-state index in [4.69, 9.17) is 21.0 Å². The fourth-order valence-corrected chi connectivity index (χ4v) is 3.95. The van der Waals surface area contributed by atoms with Crippen LogP contribution in [-0.2, 0) is 4.79 Å². The summed E-state index contributed by atoms with van der Waals surface area (Å²) in [6, 6.07) is 18.7. The van der Waals surface area contributed by atoms with E-state index in [2.05, 4.69) is 10.4 Å². The summed E-state index contributed by atoms with van der Waals surface area (Å²) in [5.41, 5.74) is 1.33. The van der Waals surface area contributed by atoms with Gasteiger partial charge in [0, 0.05) is 15.8 Å². The molecule has 3 aromatic rings. The van der Waals surface area contributed by atoms with E-state index in [0.29, 0.717) is 27.4 Å². The van der Waals surface area contributed by atoms with Crippen LogP contribution in [0.15, 0.2) is 75.2 Å². The number of hydrogen-bond acceptors (Lipinski definition) is 6. The second kappa shape index (κ2) is 7.09. The molecule has 1 atom stereocenters. The van der Waals surface area contributed by atoms with Crippen LogP contribution in [0, 0.1) is 0 Å². The van der Waals surface area contributed by atoms with Crippen molar-refractivity contribution in [3.63, 3.8) is 0 Å². The Morgan fingerprint density at radius 3 is 2.83 bits per heavy atom. The van der Waals surface area contributed by atoms with Gasteiger partial charge in [-0.05, 0) is 36.6 Å². The van der Waals surface area contributed by atoms with E-state index in [1.807, 2.05) is 66.9 Å². The van der Waals surface area contributed by atoms with Crippen LogP contribution in [0.5, 0.6) is 0 Å². The van der Waals surface area contributed by atoms with E-state index in [-0.39, 0.29) is 5.91 Å². The molecule has 2 aromatic carbocycles. The zero-order valence-electron chi connectivity index (χ0n) is 15.3. The zero-order chi connectivity index (χ0) is 20.0. The smallest absolute Gasteiger partial charge is 0.276 e. The van der Waals surface area contributed by atoms with Gasteiger partial charge in [0.1, 0.15) is 11.5 Å². The molecule has 1 amide bonds. The van der Waals surface area contributed by atoms with Crippen molar-refractivity contribution in [3.05, 3.63) is 82.0 Å². The van der Waals surface area contributed by atoms with Crippen molar-refractivity contribution >= 4 is 40.1 Å². The van der Waals surface area contributed by atoms with Gasteiger partial charge in [0.15, 0.2) is 10.9 Å². The standard InChI is InChI=1S/C21H15ClN4O2S/c1-29-21-24-20(27)18-14-7-2-3-8-15(14)23-19(26(18)25-21)17-10-9-16(28-17)12-5-4-6-13(22)11-12/h2-11,19H,1H3,(H,24,25,27). The second-order valence-electron chi connectivity index (χ2n) is 6.49. The summed E-state index contributed by atoms with van der Waals surface area (Å²) in [7, 11) is 0. The molecule has 0 fully saturated rings.